The maximum absolute atomic E-state index is 13.6. The van der Waals surface area contributed by atoms with Gasteiger partial charge in [0.1, 0.15) is 0 Å². The fourth-order valence-electron chi connectivity index (χ4n) is 2.30. The molecule has 1 aliphatic heterocycles. The Morgan fingerprint density at radius 1 is 1.32 bits per heavy atom. The van der Waals surface area contributed by atoms with Crippen LogP contribution in [-0.2, 0) is 0 Å². The van der Waals surface area contributed by atoms with E-state index >= 15 is 0 Å². The number of nitrogens with zero attached hydrogens (tertiary/aromatic N) is 2. The first-order valence-corrected chi connectivity index (χ1v) is 6.09. The van der Waals surface area contributed by atoms with Gasteiger partial charge in [-0.25, -0.2) is 4.98 Å². The van der Waals surface area contributed by atoms with E-state index in [9.17, 15) is 17.6 Å². The highest BCUT2D eigenvalue weighted by atomic mass is 19.4. The van der Waals surface area contributed by atoms with Crippen molar-refractivity contribution < 1.29 is 17.6 Å². The van der Waals surface area contributed by atoms with Crippen LogP contribution < -0.4 is 5.32 Å². The van der Waals surface area contributed by atoms with Crippen LogP contribution in [0.5, 0.6) is 0 Å². The summed E-state index contributed by atoms with van der Waals surface area (Å²) in [7, 11) is 0. The molecule has 0 aliphatic carbocycles. The summed E-state index contributed by atoms with van der Waals surface area (Å²) in [5.74, 6) is -0.824. The molecular formula is C12H15F4N3. The van der Waals surface area contributed by atoms with Crippen LogP contribution >= 0.6 is 0 Å². The molecule has 1 aromatic heterocycles. The van der Waals surface area contributed by atoms with Gasteiger partial charge in [-0.05, 0) is 6.07 Å². The number of hydrogen-bond donors (Lipinski definition) is 1. The van der Waals surface area contributed by atoms with E-state index in [4.69, 9.17) is 0 Å². The first-order valence-electron chi connectivity index (χ1n) is 6.09. The van der Waals surface area contributed by atoms with Crippen molar-refractivity contribution in [3.8, 4) is 0 Å². The van der Waals surface area contributed by atoms with Gasteiger partial charge in [0.05, 0.1) is 6.42 Å². The highest BCUT2D eigenvalue weighted by Gasteiger charge is 2.37. The second kappa shape index (κ2) is 5.83. The quantitative estimate of drug-likeness (QED) is 0.677. The predicted molar refractivity (Wildman–Crippen MR) is 62.1 cm³/mol. The van der Waals surface area contributed by atoms with Crippen LogP contribution in [-0.4, -0.2) is 42.2 Å². The van der Waals surface area contributed by atoms with Crippen molar-refractivity contribution in [1.29, 1.82) is 0 Å². The number of alkyl halides is 3. The average Bonchev–Trinajstić information content (AvgIpc) is 2.37. The minimum Gasteiger partial charge on any atom is -0.314 e. The molecule has 19 heavy (non-hydrogen) atoms. The maximum atomic E-state index is 13.6. The monoisotopic (exact) mass is 277 g/mol. The molecule has 1 N–H and O–H groups in total. The summed E-state index contributed by atoms with van der Waals surface area (Å²) in [6.45, 7) is 2.15. The molecule has 0 bridgehead atoms. The third kappa shape index (κ3) is 3.87. The first kappa shape index (κ1) is 14.2. The van der Waals surface area contributed by atoms with Crippen LogP contribution in [0, 0.1) is 5.95 Å². The van der Waals surface area contributed by atoms with Gasteiger partial charge >= 0.3 is 6.18 Å². The van der Waals surface area contributed by atoms with Crippen molar-refractivity contribution in [2.75, 3.05) is 26.2 Å². The predicted octanol–water partition coefficient (Wildman–Crippen LogP) is 2.12. The topological polar surface area (TPSA) is 28.2 Å². The highest BCUT2D eigenvalue weighted by molar-refractivity contribution is 5.16. The number of aromatic nitrogens is 1. The molecule has 7 heteroatoms. The molecule has 1 aromatic rings. The number of pyridine rings is 1. The maximum Gasteiger partial charge on any atom is 0.390 e. The van der Waals surface area contributed by atoms with Crippen molar-refractivity contribution in [2.45, 2.75) is 18.6 Å². The molecular weight excluding hydrogens is 262 g/mol. The molecule has 0 spiro atoms. The standard InChI is InChI=1S/C12H15F4N3/c13-11-9(2-1-3-18-11)10(8-12(14,15)16)19-6-4-17-5-7-19/h1-3,10,17H,4-8H2/t10-/m0/s1. The van der Waals surface area contributed by atoms with E-state index < -0.39 is 24.6 Å². The fraction of sp³-hybridized carbons (Fsp3) is 0.583. The molecule has 1 saturated heterocycles. The minimum atomic E-state index is -4.34. The summed E-state index contributed by atoms with van der Waals surface area (Å²) in [5, 5.41) is 3.07. The van der Waals surface area contributed by atoms with Gasteiger partial charge in [-0.3, -0.25) is 4.90 Å². The minimum absolute atomic E-state index is 0.0155. The molecule has 2 heterocycles. The Morgan fingerprint density at radius 2 is 2.00 bits per heavy atom. The summed E-state index contributed by atoms with van der Waals surface area (Å²) < 4.78 is 51.7. The number of rotatable bonds is 3. The van der Waals surface area contributed by atoms with Crippen LogP contribution in [0.1, 0.15) is 18.0 Å². The van der Waals surface area contributed by atoms with Crippen LogP contribution in [0.3, 0.4) is 0 Å². The number of halogens is 4. The Bertz CT molecular complexity index is 416. The van der Waals surface area contributed by atoms with Crippen LogP contribution in [0.4, 0.5) is 17.6 Å². The third-order valence-corrected chi connectivity index (χ3v) is 3.16. The van der Waals surface area contributed by atoms with Crippen molar-refractivity contribution in [1.82, 2.24) is 15.2 Å². The lowest BCUT2D eigenvalue weighted by atomic mass is 10.0. The molecule has 2 rings (SSSR count). The average molecular weight is 277 g/mol. The van der Waals surface area contributed by atoms with E-state index in [1.54, 1.807) is 4.90 Å². The molecule has 0 radical (unpaired) electrons. The molecule has 0 aromatic carbocycles. The summed E-state index contributed by atoms with van der Waals surface area (Å²) in [6.07, 6.45) is -4.16. The van der Waals surface area contributed by atoms with E-state index in [0.717, 1.165) is 0 Å². The van der Waals surface area contributed by atoms with Crippen molar-refractivity contribution in [3.63, 3.8) is 0 Å². The lowest BCUT2D eigenvalue weighted by molar-refractivity contribution is -0.149. The van der Waals surface area contributed by atoms with Gasteiger partial charge in [-0.1, -0.05) is 6.07 Å². The summed E-state index contributed by atoms with van der Waals surface area (Å²) >= 11 is 0. The van der Waals surface area contributed by atoms with Crippen molar-refractivity contribution >= 4 is 0 Å². The highest BCUT2D eigenvalue weighted by Crippen LogP contribution is 2.34. The SMILES string of the molecule is Fc1ncccc1[C@H](CC(F)(F)F)N1CCNCC1. The third-order valence-electron chi connectivity index (χ3n) is 3.16. The second-order valence-electron chi connectivity index (χ2n) is 4.50. The Morgan fingerprint density at radius 3 is 2.58 bits per heavy atom. The van der Waals surface area contributed by atoms with Gasteiger partial charge in [-0.15, -0.1) is 0 Å². The van der Waals surface area contributed by atoms with Crippen molar-refractivity contribution in [2.24, 2.45) is 0 Å². The van der Waals surface area contributed by atoms with Gasteiger partial charge < -0.3 is 5.32 Å². The van der Waals surface area contributed by atoms with E-state index in [1.807, 2.05) is 0 Å². The lowest BCUT2D eigenvalue weighted by Crippen LogP contribution is -2.46. The molecule has 0 saturated carbocycles. The summed E-state index contributed by atoms with van der Waals surface area (Å²) in [4.78, 5) is 5.11. The summed E-state index contributed by atoms with van der Waals surface area (Å²) in [5.41, 5.74) is 0.0155. The number of nitrogens with one attached hydrogen (secondary N) is 1. The van der Waals surface area contributed by atoms with Gasteiger partial charge in [0.15, 0.2) is 0 Å². The molecule has 0 amide bonds. The van der Waals surface area contributed by atoms with Gasteiger partial charge in [-0.2, -0.15) is 17.6 Å². The van der Waals surface area contributed by atoms with Crippen LogP contribution in [0.2, 0.25) is 0 Å². The fourth-order valence-corrected chi connectivity index (χ4v) is 2.30. The Balaban J connectivity index is 2.25. The Kier molecular flexibility index (Phi) is 4.36. The van der Waals surface area contributed by atoms with Gasteiger partial charge in [0, 0.05) is 44.0 Å². The van der Waals surface area contributed by atoms with E-state index in [0.29, 0.717) is 26.2 Å². The largest absolute Gasteiger partial charge is 0.390 e. The van der Waals surface area contributed by atoms with Gasteiger partial charge in [0.25, 0.3) is 0 Å². The smallest absolute Gasteiger partial charge is 0.314 e. The van der Waals surface area contributed by atoms with E-state index in [1.165, 1.54) is 18.3 Å². The lowest BCUT2D eigenvalue weighted by Gasteiger charge is -2.35. The molecule has 1 fully saturated rings. The molecule has 106 valence electrons. The van der Waals surface area contributed by atoms with Crippen LogP contribution in [0.15, 0.2) is 18.3 Å². The Hall–Kier alpha value is -1.21. The molecule has 1 aliphatic rings. The van der Waals surface area contributed by atoms with Crippen LogP contribution in [0.25, 0.3) is 0 Å². The zero-order chi connectivity index (χ0) is 13.9. The zero-order valence-corrected chi connectivity index (χ0v) is 10.3. The second-order valence-corrected chi connectivity index (χ2v) is 4.50. The number of piperazine rings is 1. The molecule has 1 atom stereocenters. The zero-order valence-electron chi connectivity index (χ0n) is 10.3. The Labute approximate surface area is 108 Å². The van der Waals surface area contributed by atoms with Gasteiger partial charge in [0.2, 0.25) is 5.95 Å². The summed E-state index contributed by atoms with van der Waals surface area (Å²) in [6, 6.07) is 1.83. The van der Waals surface area contributed by atoms with Crippen molar-refractivity contribution in [3.05, 3.63) is 29.8 Å². The molecule has 3 nitrogen and oxygen atoms in total. The van der Waals surface area contributed by atoms with E-state index in [-0.39, 0.29) is 5.56 Å². The molecule has 0 unspecified atom stereocenters. The van der Waals surface area contributed by atoms with E-state index in [2.05, 4.69) is 10.3 Å². The normalized spacial score (nSPS) is 19.4. The first-order chi connectivity index (χ1) is 8.97. The number of hydrogen-bond acceptors (Lipinski definition) is 3.